The fourth-order valence-corrected chi connectivity index (χ4v) is 1.97. The van der Waals surface area contributed by atoms with Crippen LogP contribution in [0.1, 0.15) is 10.4 Å². The van der Waals surface area contributed by atoms with Crippen LogP contribution in [-0.4, -0.2) is 18.1 Å². The molecule has 0 aliphatic rings. The maximum Gasteiger partial charge on any atom is 0.258 e. The number of anilines is 2. The second-order valence-corrected chi connectivity index (χ2v) is 4.59. The maximum atomic E-state index is 12.3. The van der Waals surface area contributed by atoms with E-state index in [1.807, 2.05) is 0 Å². The Bertz CT molecular complexity index is 591. The van der Waals surface area contributed by atoms with Crippen LogP contribution in [0.15, 0.2) is 42.5 Å². The molecular weight excluding hydrogens is 264 g/mol. The van der Waals surface area contributed by atoms with Crippen molar-refractivity contribution in [3.05, 3.63) is 53.1 Å². The van der Waals surface area contributed by atoms with Crippen molar-refractivity contribution in [2.24, 2.45) is 0 Å². The molecule has 0 radical (unpaired) electrons. The van der Waals surface area contributed by atoms with Crippen molar-refractivity contribution in [3.63, 3.8) is 0 Å². The Kier molecular flexibility index (Phi) is 3.62. The molecule has 0 atom stereocenters. The smallest absolute Gasteiger partial charge is 0.258 e. The fourth-order valence-electron chi connectivity index (χ4n) is 1.72. The summed E-state index contributed by atoms with van der Waals surface area (Å²) < 4.78 is 0. The maximum absolute atomic E-state index is 12.3. The number of halogens is 1. The standard InChI is InChI=1S/C14H13ClN2O2/c1-17(12-2-4-13(18)5-3-12)14(19)9-6-10(15)8-11(16)7-9/h2-8,18H,16H2,1H3. The number of benzene rings is 2. The Morgan fingerprint density at radius 2 is 1.84 bits per heavy atom. The number of carbonyl (C=O) groups is 1. The van der Waals surface area contributed by atoms with Crippen LogP contribution in [0.3, 0.4) is 0 Å². The molecule has 0 heterocycles. The molecule has 98 valence electrons. The molecule has 2 aromatic carbocycles. The van der Waals surface area contributed by atoms with E-state index in [1.165, 1.54) is 17.0 Å². The van der Waals surface area contributed by atoms with E-state index in [0.717, 1.165) is 0 Å². The van der Waals surface area contributed by atoms with Crippen molar-refractivity contribution in [2.75, 3.05) is 17.7 Å². The molecule has 0 aliphatic heterocycles. The first-order valence-electron chi connectivity index (χ1n) is 5.60. The van der Waals surface area contributed by atoms with Gasteiger partial charge < -0.3 is 15.7 Å². The van der Waals surface area contributed by atoms with E-state index < -0.39 is 0 Å². The zero-order valence-corrected chi connectivity index (χ0v) is 11.1. The third kappa shape index (κ3) is 2.98. The van der Waals surface area contributed by atoms with Crippen LogP contribution in [0.2, 0.25) is 5.02 Å². The van der Waals surface area contributed by atoms with Crippen molar-refractivity contribution in [1.82, 2.24) is 0 Å². The van der Waals surface area contributed by atoms with Gasteiger partial charge in [-0.05, 0) is 42.5 Å². The molecule has 0 unspecified atom stereocenters. The van der Waals surface area contributed by atoms with Crippen molar-refractivity contribution in [1.29, 1.82) is 0 Å². The SMILES string of the molecule is CN(C(=O)c1cc(N)cc(Cl)c1)c1ccc(O)cc1. The average molecular weight is 277 g/mol. The van der Waals surface area contributed by atoms with E-state index in [-0.39, 0.29) is 11.7 Å². The summed E-state index contributed by atoms with van der Waals surface area (Å²) in [6.45, 7) is 0. The lowest BCUT2D eigenvalue weighted by Gasteiger charge is -2.17. The van der Waals surface area contributed by atoms with Gasteiger partial charge in [-0.2, -0.15) is 0 Å². The fraction of sp³-hybridized carbons (Fsp3) is 0.0714. The van der Waals surface area contributed by atoms with E-state index in [0.29, 0.717) is 22.0 Å². The molecule has 2 rings (SSSR count). The average Bonchev–Trinajstić information content (AvgIpc) is 2.37. The van der Waals surface area contributed by atoms with Gasteiger partial charge in [-0.1, -0.05) is 11.6 Å². The molecule has 3 N–H and O–H groups in total. The minimum absolute atomic E-state index is 0.150. The van der Waals surface area contributed by atoms with Crippen LogP contribution in [-0.2, 0) is 0 Å². The summed E-state index contributed by atoms with van der Waals surface area (Å²) in [4.78, 5) is 13.7. The van der Waals surface area contributed by atoms with Crippen LogP contribution >= 0.6 is 11.6 Å². The molecule has 0 saturated heterocycles. The summed E-state index contributed by atoms with van der Waals surface area (Å²) in [6, 6.07) is 11.1. The Morgan fingerprint density at radius 1 is 1.21 bits per heavy atom. The number of rotatable bonds is 2. The molecule has 1 amide bonds. The van der Waals surface area contributed by atoms with E-state index in [9.17, 15) is 9.90 Å². The minimum Gasteiger partial charge on any atom is -0.508 e. The zero-order chi connectivity index (χ0) is 14.0. The molecular formula is C14H13ClN2O2. The summed E-state index contributed by atoms with van der Waals surface area (Å²) in [5, 5.41) is 9.65. The van der Waals surface area contributed by atoms with E-state index in [1.54, 1.807) is 37.4 Å². The highest BCUT2D eigenvalue weighted by molar-refractivity contribution is 6.31. The Labute approximate surface area is 116 Å². The topological polar surface area (TPSA) is 66.6 Å². The number of aromatic hydroxyl groups is 1. The van der Waals surface area contributed by atoms with Gasteiger partial charge in [0, 0.05) is 29.0 Å². The van der Waals surface area contributed by atoms with Crippen LogP contribution < -0.4 is 10.6 Å². The molecule has 0 aromatic heterocycles. The summed E-state index contributed by atoms with van der Waals surface area (Å²) in [6.07, 6.45) is 0. The largest absolute Gasteiger partial charge is 0.508 e. The number of nitrogens with zero attached hydrogens (tertiary/aromatic N) is 1. The third-order valence-electron chi connectivity index (χ3n) is 2.71. The lowest BCUT2D eigenvalue weighted by Crippen LogP contribution is -2.26. The van der Waals surface area contributed by atoms with Gasteiger partial charge in [0.15, 0.2) is 0 Å². The molecule has 0 aliphatic carbocycles. The molecule has 5 heteroatoms. The van der Waals surface area contributed by atoms with Crippen molar-refractivity contribution in [2.45, 2.75) is 0 Å². The first-order valence-corrected chi connectivity index (χ1v) is 5.98. The first-order chi connectivity index (χ1) is 8.97. The van der Waals surface area contributed by atoms with Crippen LogP contribution in [0.4, 0.5) is 11.4 Å². The number of nitrogens with two attached hydrogens (primary N) is 1. The molecule has 0 saturated carbocycles. The number of amides is 1. The highest BCUT2D eigenvalue weighted by atomic mass is 35.5. The number of hydrogen-bond acceptors (Lipinski definition) is 3. The summed E-state index contributed by atoms with van der Waals surface area (Å²) in [7, 11) is 1.64. The summed E-state index contributed by atoms with van der Waals surface area (Å²) >= 11 is 5.88. The Balaban J connectivity index is 2.30. The highest BCUT2D eigenvalue weighted by Gasteiger charge is 2.14. The summed E-state index contributed by atoms with van der Waals surface area (Å²) in [5.41, 5.74) is 7.19. The molecule has 0 bridgehead atoms. The second-order valence-electron chi connectivity index (χ2n) is 4.15. The summed E-state index contributed by atoms with van der Waals surface area (Å²) in [5.74, 6) is -0.0727. The number of phenols is 1. The minimum atomic E-state index is -0.222. The lowest BCUT2D eigenvalue weighted by atomic mass is 10.1. The Hall–Kier alpha value is -2.20. The van der Waals surface area contributed by atoms with Gasteiger partial charge in [0.05, 0.1) is 0 Å². The molecule has 2 aromatic rings. The predicted octanol–water partition coefficient (Wildman–Crippen LogP) is 2.90. The van der Waals surface area contributed by atoms with Crippen LogP contribution in [0, 0.1) is 0 Å². The van der Waals surface area contributed by atoms with Crippen molar-refractivity contribution >= 4 is 28.9 Å². The number of hydrogen-bond donors (Lipinski definition) is 2. The quantitative estimate of drug-likeness (QED) is 0.829. The van der Waals surface area contributed by atoms with Gasteiger partial charge in [-0.15, -0.1) is 0 Å². The molecule has 0 spiro atoms. The van der Waals surface area contributed by atoms with E-state index >= 15 is 0 Å². The number of nitrogen functional groups attached to an aromatic ring is 1. The second kappa shape index (κ2) is 5.20. The zero-order valence-electron chi connectivity index (χ0n) is 10.3. The van der Waals surface area contributed by atoms with Gasteiger partial charge in [0.25, 0.3) is 5.91 Å². The van der Waals surface area contributed by atoms with Gasteiger partial charge in [0.2, 0.25) is 0 Å². The van der Waals surface area contributed by atoms with Crippen LogP contribution in [0.5, 0.6) is 5.75 Å². The first kappa shape index (κ1) is 13.2. The molecule has 19 heavy (non-hydrogen) atoms. The molecule has 4 nitrogen and oxygen atoms in total. The van der Waals surface area contributed by atoms with Crippen molar-refractivity contribution < 1.29 is 9.90 Å². The molecule has 0 fully saturated rings. The van der Waals surface area contributed by atoms with Crippen LogP contribution in [0.25, 0.3) is 0 Å². The van der Waals surface area contributed by atoms with Gasteiger partial charge in [-0.25, -0.2) is 0 Å². The lowest BCUT2D eigenvalue weighted by molar-refractivity contribution is 0.0993. The predicted molar refractivity (Wildman–Crippen MR) is 76.7 cm³/mol. The Morgan fingerprint density at radius 3 is 2.42 bits per heavy atom. The number of phenolic OH excluding ortho intramolecular Hbond substituents is 1. The third-order valence-corrected chi connectivity index (χ3v) is 2.93. The van der Waals surface area contributed by atoms with Crippen molar-refractivity contribution in [3.8, 4) is 5.75 Å². The normalized spacial score (nSPS) is 10.2. The van der Waals surface area contributed by atoms with Gasteiger partial charge >= 0.3 is 0 Å². The highest BCUT2D eigenvalue weighted by Crippen LogP contribution is 2.22. The van der Waals surface area contributed by atoms with E-state index in [4.69, 9.17) is 17.3 Å². The monoisotopic (exact) mass is 276 g/mol. The van der Waals surface area contributed by atoms with Gasteiger partial charge in [0.1, 0.15) is 5.75 Å². The van der Waals surface area contributed by atoms with Gasteiger partial charge in [-0.3, -0.25) is 4.79 Å². The van der Waals surface area contributed by atoms with E-state index in [2.05, 4.69) is 0 Å². The number of carbonyl (C=O) groups excluding carboxylic acids is 1.